The number of amides is 1. The summed E-state index contributed by atoms with van der Waals surface area (Å²) in [6, 6.07) is -0.207. The SMILES string of the molecule is CC(=O)[C@H]1CCCN1C(=O)CCCO. The van der Waals surface area contributed by atoms with E-state index >= 15 is 0 Å². The lowest BCUT2D eigenvalue weighted by Gasteiger charge is -2.22. The van der Waals surface area contributed by atoms with Crippen LogP contribution in [0.1, 0.15) is 32.6 Å². The molecule has 1 aliphatic heterocycles. The number of Topliss-reactive ketones (excluding diaryl/α,β-unsaturated/α-hetero) is 1. The normalized spacial score (nSPS) is 21.3. The van der Waals surface area contributed by atoms with E-state index in [0.717, 1.165) is 12.8 Å². The monoisotopic (exact) mass is 199 g/mol. The molecule has 0 spiro atoms. The van der Waals surface area contributed by atoms with E-state index in [0.29, 0.717) is 19.4 Å². The molecule has 1 atom stereocenters. The fourth-order valence-electron chi connectivity index (χ4n) is 1.86. The number of aliphatic hydroxyl groups excluding tert-OH is 1. The molecular formula is C10H17NO3. The van der Waals surface area contributed by atoms with E-state index in [-0.39, 0.29) is 24.3 Å². The maximum absolute atomic E-state index is 11.6. The van der Waals surface area contributed by atoms with Gasteiger partial charge in [-0.25, -0.2) is 0 Å². The molecule has 0 bridgehead atoms. The Kier molecular flexibility index (Phi) is 4.07. The number of hydrogen-bond acceptors (Lipinski definition) is 3. The first-order valence-corrected chi connectivity index (χ1v) is 5.07. The molecule has 1 aliphatic rings. The molecule has 0 saturated carbocycles. The number of carbonyl (C=O) groups excluding carboxylic acids is 2. The van der Waals surface area contributed by atoms with Gasteiger partial charge >= 0.3 is 0 Å². The molecule has 1 amide bonds. The second-order valence-corrected chi connectivity index (χ2v) is 3.68. The largest absolute Gasteiger partial charge is 0.396 e. The van der Waals surface area contributed by atoms with Crippen LogP contribution >= 0.6 is 0 Å². The Bertz CT molecular complexity index is 227. The highest BCUT2D eigenvalue weighted by molar-refractivity contribution is 5.88. The molecule has 4 nitrogen and oxygen atoms in total. The zero-order valence-corrected chi connectivity index (χ0v) is 8.53. The summed E-state index contributed by atoms with van der Waals surface area (Å²) < 4.78 is 0. The van der Waals surface area contributed by atoms with Gasteiger partial charge in [-0.05, 0) is 26.2 Å². The van der Waals surface area contributed by atoms with Gasteiger partial charge in [-0.1, -0.05) is 0 Å². The third-order valence-corrected chi connectivity index (χ3v) is 2.59. The van der Waals surface area contributed by atoms with Crippen molar-refractivity contribution in [2.45, 2.75) is 38.6 Å². The van der Waals surface area contributed by atoms with E-state index in [1.54, 1.807) is 4.90 Å². The summed E-state index contributed by atoms with van der Waals surface area (Å²) in [6.07, 6.45) is 2.54. The molecule has 1 heterocycles. The Morgan fingerprint density at radius 1 is 1.50 bits per heavy atom. The lowest BCUT2D eigenvalue weighted by Crippen LogP contribution is -2.39. The summed E-state index contributed by atoms with van der Waals surface area (Å²) in [6.45, 7) is 2.25. The smallest absolute Gasteiger partial charge is 0.223 e. The fourth-order valence-corrected chi connectivity index (χ4v) is 1.86. The van der Waals surface area contributed by atoms with Crippen LogP contribution in [0.5, 0.6) is 0 Å². The first-order chi connectivity index (χ1) is 6.66. The van der Waals surface area contributed by atoms with E-state index in [2.05, 4.69) is 0 Å². The van der Waals surface area contributed by atoms with E-state index in [1.807, 2.05) is 0 Å². The summed E-state index contributed by atoms with van der Waals surface area (Å²) >= 11 is 0. The number of rotatable bonds is 4. The Balaban J connectivity index is 2.49. The maximum atomic E-state index is 11.6. The predicted molar refractivity (Wildman–Crippen MR) is 51.7 cm³/mol. The van der Waals surface area contributed by atoms with Crippen LogP contribution in [-0.2, 0) is 9.59 Å². The third kappa shape index (κ3) is 2.54. The first kappa shape index (κ1) is 11.2. The maximum Gasteiger partial charge on any atom is 0.223 e. The second-order valence-electron chi connectivity index (χ2n) is 3.68. The predicted octanol–water partition coefficient (Wildman–Crippen LogP) is 0.339. The van der Waals surface area contributed by atoms with Crippen LogP contribution in [0.2, 0.25) is 0 Å². The van der Waals surface area contributed by atoms with Crippen molar-refractivity contribution in [1.82, 2.24) is 4.90 Å². The quantitative estimate of drug-likeness (QED) is 0.710. The summed E-state index contributed by atoms with van der Waals surface area (Å²) in [5.74, 6) is 0.0663. The van der Waals surface area contributed by atoms with Gasteiger partial charge in [0.2, 0.25) is 5.91 Å². The zero-order valence-electron chi connectivity index (χ0n) is 8.53. The van der Waals surface area contributed by atoms with Crippen molar-refractivity contribution in [1.29, 1.82) is 0 Å². The number of hydrogen-bond donors (Lipinski definition) is 1. The van der Waals surface area contributed by atoms with Crippen molar-refractivity contribution < 1.29 is 14.7 Å². The van der Waals surface area contributed by atoms with Gasteiger partial charge in [-0.15, -0.1) is 0 Å². The second kappa shape index (κ2) is 5.10. The molecule has 1 fully saturated rings. The van der Waals surface area contributed by atoms with Crippen molar-refractivity contribution in [2.75, 3.05) is 13.2 Å². The molecule has 0 radical (unpaired) electrons. The van der Waals surface area contributed by atoms with E-state index in [1.165, 1.54) is 6.92 Å². The lowest BCUT2D eigenvalue weighted by molar-refractivity contribution is -0.137. The number of aliphatic hydroxyl groups is 1. The Morgan fingerprint density at radius 3 is 2.79 bits per heavy atom. The van der Waals surface area contributed by atoms with E-state index in [4.69, 9.17) is 5.11 Å². The van der Waals surface area contributed by atoms with E-state index < -0.39 is 0 Å². The summed E-state index contributed by atoms with van der Waals surface area (Å²) in [7, 11) is 0. The topological polar surface area (TPSA) is 57.6 Å². The lowest BCUT2D eigenvalue weighted by atomic mass is 10.1. The van der Waals surface area contributed by atoms with Gasteiger partial charge in [0.15, 0.2) is 5.78 Å². The van der Waals surface area contributed by atoms with Gasteiger partial charge in [0.1, 0.15) is 0 Å². The fraction of sp³-hybridized carbons (Fsp3) is 0.800. The molecule has 0 aromatic carbocycles. The average molecular weight is 199 g/mol. The minimum Gasteiger partial charge on any atom is -0.396 e. The molecule has 0 unspecified atom stereocenters. The van der Waals surface area contributed by atoms with Crippen molar-refractivity contribution in [2.24, 2.45) is 0 Å². The Hall–Kier alpha value is -0.900. The molecule has 1 saturated heterocycles. The van der Waals surface area contributed by atoms with Gasteiger partial charge in [0, 0.05) is 19.6 Å². The Labute approximate surface area is 83.9 Å². The molecule has 0 aromatic heterocycles. The van der Waals surface area contributed by atoms with Gasteiger partial charge < -0.3 is 10.0 Å². The molecule has 0 aromatic rings. The van der Waals surface area contributed by atoms with Crippen LogP contribution in [0.25, 0.3) is 0 Å². The molecule has 14 heavy (non-hydrogen) atoms. The number of nitrogens with zero attached hydrogens (tertiary/aromatic N) is 1. The van der Waals surface area contributed by atoms with Crippen LogP contribution in [-0.4, -0.2) is 40.9 Å². The Morgan fingerprint density at radius 2 is 2.21 bits per heavy atom. The first-order valence-electron chi connectivity index (χ1n) is 5.07. The minimum absolute atomic E-state index is 0.00301. The van der Waals surface area contributed by atoms with Gasteiger partial charge in [0.25, 0.3) is 0 Å². The summed E-state index contributed by atoms with van der Waals surface area (Å²) in [5.41, 5.74) is 0. The van der Waals surface area contributed by atoms with Crippen LogP contribution in [0.3, 0.4) is 0 Å². The number of likely N-dealkylation sites (tertiary alicyclic amines) is 1. The molecule has 4 heteroatoms. The highest BCUT2D eigenvalue weighted by Gasteiger charge is 2.30. The van der Waals surface area contributed by atoms with Gasteiger partial charge in [-0.2, -0.15) is 0 Å². The van der Waals surface area contributed by atoms with Crippen LogP contribution in [0.15, 0.2) is 0 Å². The zero-order chi connectivity index (χ0) is 10.6. The summed E-state index contributed by atoms with van der Waals surface area (Å²) in [4.78, 5) is 24.4. The standard InChI is InChI=1S/C10H17NO3/c1-8(13)9-4-2-6-11(9)10(14)5-3-7-12/h9,12H,2-7H2,1H3/t9-/m1/s1. The van der Waals surface area contributed by atoms with Crippen molar-refractivity contribution >= 4 is 11.7 Å². The molecular weight excluding hydrogens is 182 g/mol. The van der Waals surface area contributed by atoms with Crippen LogP contribution in [0, 0.1) is 0 Å². The van der Waals surface area contributed by atoms with Crippen LogP contribution in [0.4, 0.5) is 0 Å². The minimum atomic E-state index is -0.207. The molecule has 80 valence electrons. The van der Waals surface area contributed by atoms with E-state index in [9.17, 15) is 9.59 Å². The van der Waals surface area contributed by atoms with Crippen molar-refractivity contribution in [3.8, 4) is 0 Å². The van der Waals surface area contributed by atoms with Crippen molar-refractivity contribution in [3.05, 3.63) is 0 Å². The number of carbonyl (C=O) groups is 2. The highest BCUT2D eigenvalue weighted by atomic mass is 16.3. The molecule has 1 rings (SSSR count). The van der Waals surface area contributed by atoms with Crippen LogP contribution < -0.4 is 0 Å². The average Bonchev–Trinajstić information content (AvgIpc) is 2.62. The highest BCUT2D eigenvalue weighted by Crippen LogP contribution is 2.19. The van der Waals surface area contributed by atoms with Gasteiger partial charge in [0.05, 0.1) is 6.04 Å². The molecule has 0 aliphatic carbocycles. The summed E-state index contributed by atoms with van der Waals surface area (Å²) in [5, 5.41) is 8.60. The van der Waals surface area contributed by atoms with Crippen molar-refractivity contribution in [3.63, 3.8) is 0 Å². The third-order valence-electron chi connectivity index (χ3n) is 2.59. The van der Waals surface area contributed by atoms with Gasteiger partial charge in [-0.3, -0.25) is 9.59 Å². The molecule has 1 N–H and O–H groups in total. The number of ketones is 1.